The first-order valence-corrected chi connectivity index (χ1v) is 7.32. The number of carbonyl (C=O) groups is 2. The Balaban J connectivity index is 1.77. The van der Waals surface area contributed by atoms with Gasteiger partial charge < -0.3 is 20.1 Å². The van der Waals surface area contributed by atoms with E-state index in [4.69, 9.17) is 4.74 Å². The van der Waals surface area contributed by atoms with E-state index < -0.39 is 5.60 Å². The van der Waals surface area contributed by atoms with Crippen LogP contribution in [0.1, 0.15) is 18.5 Å². The first-order valence-electron chi connectivity index (χ1n) is 7.32. The van der Waals surface area contributed by atoms with Crippen LogP contribution in [0, 0.1) is 0 Å². The van der Waals surface area contributed by atoms with E-state index in [1.807, 2.05) is 12.1 Å². The van der Waals surface area contributed by atoms with E-state index in [0.717, 1.165) is 0 Å². The third-order valence-electron chi connectivity index (χ3n) is 3.78. The highest BCUT2D eigenvalue weighted by molar-refractivity contribution is 5.77. The number of carbonyl (C=O) groups excluding carboxylic acids is 2. The van der Waals surface area contributed by atoms with Gasteiger partial charge in [-0.05, 0) is 25.0 Å². The third kappa shape index (κ3) is 4.25. The maximum atomic E-state index is 12.0. The van der Waals surface area contributed by atoms with Gasteiger partial charge in [-0.15, -0.1) is 0 Å². The summed E-state index contributed by atoms with van der Waals surface area (Å²) in [7, 11) is 0. The Hall–Kier alpha value is -1.99. The van der Waals surface area contributed by atoms with Crippen LogP contribution < -0.4 is 5.32 Å². The lowest BCUT2D eigenvalue weighted by Crippen LogP contribution is -2.46. The van der Waals surface area contributed by atoms with Crippen molar-refractivity contribution >= 4 is 12.3 Å². The molecule has 2 rings (SSSR count). The third-order valence-corrected chi connectivity index (χ3v) is 3.78. The number of piperidine rings is 1. The number of rotatable bonds is 7. The molecular weight excluding hydrogens is 286 g/mol. The summed E-state index contributed by atoms with van der Waals surface area (Å²) in [5.74, 6) is -0.103. The number of nitrogens with zero attached hydrogens (tertiary/aromatic N) is 2. The summed E-state index contributed by atoms with van der Waals surface area (Å²) in [6, 6.07) is 5.46. The Morgan fingerprint density at radius 1 is 1.45 bits per heavy atom. The Kier molecular flexibility index (Phi) is 5.85. The molecule has 7 heteroatoms. The zero-order chi connectivity index (χ0) is 15.8. The molecule has 22 heavy (non-hydrogen) atoms. The van der Waals surface area contributed by atoms with E-state index in [0.29, 0.717) is 51.2 Å². The molecule has 0 aliphatic carbocycles. The van der Waals surface area contributed by atoms with E-state index in [-0.39, 0.29) is 12.5 Å². The second-order valence-electron chi connectivity index (χ2n) is 5.25. The van der Waals surface area contributed by atoms with Crippen molar-refractivity contribution in [2.24, 2.45) is 0 Å². The molecular formula is C15H21N3O4. The molecule has 0 radical (unpaired) electrons. The fourth-order valence-electron chi connectivity index (χ4n) is 2.46. The predicted molar refractivity (Wildman–Crippen MR) is 78.8 cm³/mol. The van der Waals surface area contributed by atoms with E-state index in [9.17, 15) is 14.7 Å². The van der Waals surface area contributed by atoms with Gasteiger partial charge in [-0.1, -0.05) is 6.07 Å². The number of ether oxygens (including phenoxy) is 1. The molecule has 1 fully saturated rings. The molecule has 1 aliphatic heterocycles. The minimum Gasteiger partial charge on any atom is -0.383 e. The van der Waals surface area contributed by atoms with Crippen LogP contribution in [-0.2, 0) is 19.9 Å². The predicted octanol–water partition coefficient (Wildman–Crippen LogP) is -0.346. The number of nitrogens with one attached hydrogen (secondary N) is 1. The quantitative estimate of drug-likeness (QED) is 0.531. The van der Waals surface area contributed by atoms with Gasteiger partial charge in [0.1, 0.15) is 12.2 Å². The first-order chi connectivity index (χ1) is 10.7. The van der Waals surface area contributed by atoms with Gasteiger partial charge in [-0.3, -0.25) is 14.6 Å². The second-order valence-corrected chi connectivity index (χ2v) is 5.25. The molecule has 7 nitrogen and oxygen atoms in total. The van der Waals surface area contributed by atoms with Crippen molar-refractivity contribution in [1.82, 2.24) is 15.2 Å². The molecule has 1 aromatic heterocycles. The van der Waals surface area contributed by atoms with Crippen molar-refractivity contribution in [3.63, 3.8) is 0 Å². The van der Waals surface area contributed by atoms with E-state index >= 15 is 0 Å². The largest absolute Gasteiger partial charge is 0.383 e. The van der Waals surface area contributed by atoms with Crippen LogP contribution in [0.25, 0.3) is 0 Å². The summed E-state index contributed by atoms with van der Waals surface area (Å²) in [5, 5.41) is 13.1. The van der Waals surface area contributed by atoms with Gasteiger partial charge in [0.25, 0.3) is 0 Å². The maximum Gasteiger partial charge on any atom is 0.248 e. The molecule has 0 bridgehead atoms. The maximum absolute atomic E-state index is 12.0. The number of aromatic nitrogens is 1. The van der Waals surface area contributed by atoms with Crippen molar-refractivity contribution in [1.29, 1.82) is 0 Å². The smallest absolute Gasteiger partial charge is 0.248 e. The number of hydrogen-bond donors (Lipinski definition) is 2. The molecule has 0 unspecified atom stereocenters. The summed E-state index contributed by atoms with van der Waals surface area (Å²) >= 11 is 0. The van der Waals surface area contributed by atoms with Crippen molar-refractivity contribution in [3.8, 4) is 0 Å². The fraction of sp³-hybridized carbons (Fsp3) is 0.533. The van der Waals surface area contributed by atoms with Crippen LogP contribution in [0.4, 0.5) is 0 Å². The normalized spacial score (nSPS) is 17.0. The molecule has 2 N–H and O–H groups in total. The number of likely N-dealkylation sites (tertiary alicyclic amines) is 1. The number of amides is 2. The molecule has 2 amide bonds. The Morgan fingerprint density at radius 2 is 2.23 bits per heavy atom. The zero-order valence-electron chi connectivity index (χ0n) is 12.4. The monoisotopic (exact) mass is 307 g/mol. The van der Waals surface area contributed by atoms with Crippen LogP contribution in [0.5, 0.6) is 0 Å². The van der Waals surface area contributed by atoms with Crippen LogP contribution in [0.2, 0.25) is 0 Å². The molecule has 0 aromatic carbocycles. The lowest BCUT2D eigenvalue weighted by molar-refractivity contribution is -0.140. The molecule has 1 saturated heterocycles. The van der Waals surface area contributed by atoms with Crippen LogP contribution in [0.3, 0.4) is 0 Å². The van der Waals surface area contributed by atoms with Gasteiger partial charge in [0.05, 0.1) is 12.3 Å². The highest BCUT2D eigenvalue weighted by atomic mass is 16.5. The standard InChI is InChI=1S/C15H21N3O4/c19-12-16-7-10-22-11-14(20)18-8-4-15(21,5-9-18)13-3-1-2-6-17-13/h1-3,6,12,21H,4-5,7-11H2,(H,16,19). The van der Waals surface area contributed by atoms with Gasteiger partial charge >= 0.3 is 0 Å². The molecule has 0 spiro atoms. The SMILES string of the molecule is O=CNCCOCC(=O)N1CCC(O)(c2ccccn2)CC1. The van der Waals surface area contributed by atoms with Crippen molar-refractivity contribution in [2.45, 2.75) is 18.4 Å². The Bertz CT molecular complexity index is 487. The molecule has 0 atom stereocenters. The number of aliphatic hydroxyl groups is 1. The summed E-state index contributed by atoms with van der Waals surface area (Å²) < 4.78 is 5.20. The Labute approximate surface area is 129 Å². The number of pyridine rings is 1. The average Bonchev–Trinajstić information content (AvgIpc) is 2.56. The van der Waals surface area contributed by atoms with Crippen molar-refractivity contribution < 1.29 is 19.4 Å². The van der Waals surface area contributed by atoms with Crippen LogP contribution >= 0.6 is 0 Å². The second kappa shape index (κ2) is 7.86. The lowest BCUT2D eigenvalue weighted by atomic mass is 9.88. The molecule has 2 heterocycles. The van der Waals surface area contributed by atoms with Gasteiger partial charge in [-0.2, -0.15) is 0 Å². The van der Waals surface area contributed by atoms with Gasteiger partial charge in [0.2, 0.25) is 12.3 Å². The lowest BCUT2D eigenvalue weighted by Gasteiger charge is -2.37. The van der Waals surface area contributed by atoms with Crippen LogP contribution in [0.15, 0.2) is 24.4 Å². The zero-order valence-corrected chi connectivity index (χ0v) is 12.4. The van der Waals surface area contributed by atoms with Crippen molar-refractivity contribution in [3.05, 3.63) is 30.1 Å². The van der Waals surface area contributed by atoms with E-state index in [1.54, 1.807) is 17.2 Å². The summed E-state index contributed by atoms with van der Waals surface area (Å²) in [5.41, 5.74) is -0.314. The Morgan fingerprint density at radius 3 is 2.86 bits per heavy atom. The fourth-order valence-corrected chi connectivity index (χ4v) is 2.46. The minimum atomic E-state index is -0.965. The topological polar surface area (TPSA) is 91.8 Å². The van der Waals surface area contributed by atoms with Gasteiger partial charge in [-0.25, -0.2) is 0 Å². The minimum absolute atomic E-state index is 0.0114. The van der Waals surface area contributed by atoms with Crippen LogP contribution in [-0.4, -0.2) is 60.2 Å². The van der Waals surface area contributed by atoms with E-state index in [2.05, 4.69) is 10.3 Å². The first kappa shape index (κ1) is 16.4. The molecule has 1 aromatic rings. The van der Waals surface area contributed by atoms with Gasteiger partial charge in [0.15, 0.2) is 0 Å². The molecule has 0 saturated carbocycles. The van der Waals surface area contributed by atoms with E-state index in [1.165, 1.54) is 0 Å². The summed E-state index contributed by atoms with van der Waals surface area (Å²) in [6.07, 6.45) is 3.17. The highest BCUT2D eigenvalue weighted by Gasteiger charge is 2.36. The summed E-state index contributed by atoms with van der Waals surface area (Å²) in [6.45, 7) is 1.62. The average molecular weight is 307 g/mol. The summed E-state index contributed by atoms with van der Waals surface area (Å²) in [4.78, 5) is 27.9. The number of hydrogen-bond acceptors (Lipinski definition) is 5. The highest BCUT2D eigenvalue weighted by Crippen LogP contribution is 2.31. The molecule has 1 aliphatic rings. The van der Waals surface area contributed by atoms with Gasteiger partial charge in [0, 0.05) is 25.8 Å². The van der Waals surface area contributed by atoms with Crippen molar-refractivity contribution in [2.75, 3.05) is 32.8 Å². The molecule has 120 valence electrons.